The maximum absolute atomic E-state index is 13.5. The van der Waals surface area contributed by atoms with Crippen LogP contribution in [0.2, 0.25) is 5.02 Å². The van der Waals surface area contributed by atoms with E-state index in [2.05, 4.69) is 10.2 Å². The van der Waals surface area contributed by atoms with E-state index >= 15 is 0 Å². The van der Waals surface area contributed by atoms with Gasteiger partial charge < -0.3 is 19.9 Å². The van der Waals surface area contributed by atoms with Gasteiger partial charge in [-0.3, -0.25) is 4.79 Å². The maximum atomic E-state index is 13.5. The van der Waals surface area contributed by atoms with E-state index in [1.165, 1.54) is 17.5 Å². The van der Waals surface area contributed by atoms with Gasteiger partial charge in [-0.05, 0) is 31.3 Å². The summed E-state index contributed by atoms with van der Waals surface area (Å²) in [6, 6.07) is 4.54. The van der Waals surface area contributed by atoms with Gasteiger partial charge in [0.1, 0.15) is 10.6 Å². The molecule has 0 unspecified atom stereocenters. The highest BCUT2D eigenvalue weighted by Crippen LogP contribution is 2.29. The summed E-state index contributed by atoms with van der Waals surface area (Å²) in [5.41, 5.74) is 0. The average molecular weight is 461 g/mol. The Balaban J connectivity index is 2.23. The van der Waals surface area contributed by atoms with E-state index < -0.39 is 10.0 Å². The fourth-order valence-corrected chi connectivity index (χ4v) is 5.28. The van der Waals surface area contributed by atoms with E-state index in [1.807, 2.05) is 13.8 Å². The van der Waals surface area contributed by atoms with Crippen molar-refractivity contribution in [1.29, 1.82) is 0 Å². The van der Waals surface area contributed by atoms with Gasteiger partial charge in [0.2, 0.25) is 15.9 Å². The van der Waals surface area contributed by atoms with Crippen LogP contribution in [0.15, 0.2) is 23.1 Å². The number of benzene rings is 1. The van der Waals surface area contributed by atoms with Gasteiger partial charge in [-0.15, -0.1) is 0 Å². The Morgan fingerprint density at radius 2 is 1.83 bits per heavy atom. The summed E-state index contributed by atoms with van der Waals surface area (Å²) in [5, 5.41) is 3.53. The molecule has 2 rings (SSSR count). The van der Waals surface area contributed by atoms with E-state index in [4.69, 9.17) is 16.3 Å². The van der Waals surface area contributed by atoms with Crippen molar-refractivity contribution in [3.63, 3.8) is 0 Å². The molecule has 8 nitrogen and oxygen atoms in total. The van der Waals surface area contributed by atoms with Crippen LogP contribution in [0.3, 0.4) is 0 Å². The molecule has 1 aromatic carbocycles. The number of methoxy groups -OCH3 is 1. The van der Waals surface area contributed by atoms with Gasteiger partial charge in [-0.25, -0.2) is 8.42 Å². The van der Waals surface area contributed by atoms with Crippen LogP contribution in [-0.4, -0.2) is 94.4 Å². The lowest BCUT2D eigenvalue weighted by Gasteiger charge is -2.29. The summed E-state index contributed by atoms with van der Waals surface area (Å²) in [6.07, 6.45) is 0.139. The Morgan fingerprint density at radius 3 is 2.43 bits per heavy atom. The first-order valence-electron chi connectivity index (χ1n) is 10.4. The largest absolute Gasteiger partial charge is 0.495 e. The molecule has 0 aliphatic carbocycles. The predicted molar refractivity (Wildman–Crippen MR) is 119 cm³/mol. The third-order valence-corrected chi connectivity index (χ3v) is 7.50. The van der Waals surface area contributed by atoms with Gasteiger partial charge in [-0.1, -0.05) is 25.4 Å². The first-order chi connectivity index (χ1) is 14.3. The second-order valence-corrected chi connectivity index (χ2v) is 9.45. The lowest BCUT2D eigenvalue weighted by atomic mass is 10.3. The number of hydrogen-bond donors (Lipinski definition) is 1. The van der Waals surface area contributed by atoms with Crippen LogP contribution in [0.1, 0.15) is 20.3 Å². The second kappa shape index (κ2) is 11.9. The molecule has 1 aliphatic heterocycles. The molecular formula is C20H33ClN4O4S. The molecule has 0 saturated carbocycles. The van der Waals surface area contributed by atoms with Gasteiger partial charge in [0, 0.05) is 57.3 Å². The Bertz CT molecular complexity index is 796. The average Bonchev–Trinajstić information content (AvgIpc) is 2.76. The summed E-state index contributed by atoms with van der Waals surface area (Å²) in [6.45, 7) is 9.51. The molecule has 1 aliphatic rings. The maximum Gasteiger partial charge on any atom is 0.246 e. The SMILES string of the molecule is CCN(CC)CCN(CCC(=O)N1CCNCC1)S(=O)(=O)c1cc(Cl)ccc1OC. The molecule has 1 N–H and O–H groups in total. The Morgan fingerprint density at radius 1 is 1.17 bits per heavy atom. The number of nitrogens with zero attached hydrogens (tertiary/aromatic N) is 3. The van der Waals surface area contributed by atoms with Crippen LogP contribution in [0, 0.1) is 0 Å². The molecule has 0 radical (unpaired) electrons. The zero-order valence-corrected chi connectivity index (χ0v) is 19.6. The van der Waals surface area contributed by atoms with Crippen LogP contribution in [0.5, 0.6) is 5.75 Å². The summed E-state index contributed by atoms with van der Waals surface area (Å²) in [4.78, 5) is 16.6. The number of rotatable bonds is 11. The molecular weight excluding hydrogens is 428 g/mol. The number of amides is 1. The fourth-order valence-electron chi connectivity index (χ4n) is 3.43. The monoisotopic (exact) mass is 460 g/mol. The second-order valence-electron chi connectivity index (χ2n) is 7.11. The predicted octanol–water partition coefficient (Wildman–Crippen LogP) is 1.50. The van der Waals surface area contributed by atoms with Gasteiger partial charge in [0.05, 0.1) is 7.11 Å². The van der Waals surface area contributed by atoms with Gasteiger partial charge in [0.15, 0.2) is 0 Å². The Labute approximate surface area is 185 Å². The van der Waals surface area contributed by atoms with E-state index in [9.17, 15) is 13.2 Å². The molecule has 1 fully saturated rings. The van der Waals surface area contributed by atoms with Crippen molar-refractivity contribution >= 4 is 27.5 Å². The number of hydrogen-bond acceptors (Lipinski definition) is 6. The van der Waals surface area contributed by atoms with Gasteiger partial charge >= 0.3 is 0 Å². The molecule has 170 valence electrons. The zero-order chi connectivity index (χ0) is 22.1. The lowest BCUT2D eigenvalue weighted by molar-refractivity contribution is -0.131. The van der Waals surface area contributed by atoms with Crippen LogP contribution >= 0.6 is 11.6 Å². The van der Waals surface area contributed by atoms with E-state index in [1.54, 1.807) is 17.0 Å². The van der Waals surface area contributed by atoms with Crippen molar-refractivity contribution in [1.82, 2.24) is 19.4 Å². The highest BCUT2D eigenvalue weighted by molar-refractivity contribution is 7.89. The topological polar surface area (TPSA) is 82.2 Å². The molecule has 1 heterocycles. The number of carbonyl (C=O) groups excluding carboxylic acids is 1. The molecule has 1 saturated heterocycles. The van der Waals surface area contributed by atoms with E-state index in [0.29, 0.717) is 24.7 Å². The van der Waals surface area contributed by atoms with Crippen molar-refractivity contribution in [3.05, 3.63) is 23.2 Å². The fraction of sp³-hybridized carbons (Fsp3) is 0.650. The van der Waals surface area contributed by atoms with Crippen LogP contribution in [0.4, 0.5) is 0 Å². The minimum absolute atomic E-state index is 0.0201. The molecule has 30 heavy (non-hydrogen) atoms. The summed E-state index contributed by atoms with van der Waals surface area (Å²) in [5.74, 6) is 0.207. The third kappa shape index (κ3) is 6.55. The number of likely N-dealkylation sites (N-methyl/N-ethyl adjacent to an activating group) is 1. The van der Waals surface area contributed by atoms with Crippen molar-refractivity contribution in [2.75, 3.05) is 66.0 Å². The standard InChI is InChI=1S/C20H33ClN4O4S/c1-4-23(5-2)14-15-25(11-8-20(26)24-12-9-22-10-13-24)30(27,28)19-16-17(21)6-7-18(19)29-3/h6-7,16,22H,4-5,8-15H2,1-3H3. The van der Waals surface area contributed by atoms with Crippen LogP contribution < -0.4 is 10.1 Å². The number of piperazine rings is 1. The number of halogens is 1. The quantitative estimate of drug-likeness (QED) is 0.539. The van der Waals surface area contributed by atoms with Crippen molar-refractivity contribution < 1.29 is 17.9 Å². The van der Waals surface area contributed by atoms with Crippen molar-refractivity contribution in [2.45, 2.75) is 25.2 Å². The lowest BCUT2D eigenvalue weighted by Crippen LogP contribution is -2.47. The zero-order valence-electron chi connectivity index (χ0n) is 18.1. The molecule has 0 bridgehead atoms. The number of ether oxygens (including phenoxy) is 1. The van der Waals surface area contributed by atoms with Crippen molar-refractivity contribution in [2.24, 2.45) is 0 Å². The number of carbonyl (C=O) groups is 1. The molecule has 0 aromatic heterocycles. The minimum atomic E-state index is -3.89. The van der Waals surface area contributed by atoms with Gasteiger partial charge in [0.25, 0.3) is 0 Å². The van der Waals surface area contributed by atoms with E-state index in [-0.39, 0.29) is 36.1 Å². The third-order valence-electron chi connectivity index (χ3n) is 5.35. The molecule has 1 aromatic rings. The first-order valence-corrected chi connectivity index (χ1v) is 12.2. The summed E-state index contributed by atoms with van der Waals surface area (Å²) >= 11 is 6.07. The smallest absolute Gasteiger partial charge is 0.246 e. The number of nitrogens with one attached hydrogen (secondary N) is 1. The molecule has 0 atom stereocenters. The summed E-state index contributed by atoms with van der Waals surface area (Å²) in [7, 11) is -2.46. The normalized spacial score (nSPS) is 15.1. The van der Waals surface area contributed by atoms with Crippen molar-refractivity contribution in [3.8, 4) is 5.75 Å². The minimum Gasteiger partial charge on any atom is -0.495 e. The Kier molecular flexibility index (Phi) is 9.83. The highest BCUT2D eigenvalue weighted by Gasteiger charge is 2.29. The molecule has 1 amide bonds. The first kappa shape index (κ1) is 24.9. The number of sulfonamides is 1. The summed E-state index contributed by atoms with van der Waals surface area (Å²) < 4.78 is 33.6. The van der Waals surface area contributed by atoms with E-state index in [0.717, 1.165) is 26.2 Å². The Hall–Kier alpha value is -1.39. The van der Waals surface area contributed by atoms with Gasteiger partial charge in [-0.2, -0.15) is 4.31 Å². The molecule has 0 spiro atoms. The van der Waals surface area contributed by atoms with Crippen LogP contribution in [-0.2, 0) is 14.8 Å². The van der Waals surface area contributed by atoms with Crippen LogP contribution in [0.25, 0.3) is 0 Å². The highest BCUT2D eigenvalue weighted by atomic mass is 35.5. The molecule has 10 heteroatoms.